The van der Waals surface area contributed by atoms with Crippen LogP contribution in [0.4, 0.5) is 5.69 Å². The number of thioether (sulfide) groups is 1. The van der Waals surface area contributed by atoms with Crippen LogP contribution in [0, 0.1) is 5.92 Å². The monoisotopic (exact) mass is 238 g/mol. The average Bonchev–Trinajstić information content (AvgIpc) is 2.30. The lowest BCUT2D eigenvalue weighted by molar-refractivity contribution is 0.481. The Morgan fingerprint density at radius 3 is 2.75 bits per heavy atom. The Morgan fingerprint density at radius 1 is 1.44 bits per heavy atom. The summed E-state index contributed by atoms with van der Waals surface area (Å²) in [7, 11) is 2.01. The zero-order valence-electron chi connectivity index (χ0n) is 10.4. The van der Waals surface area contributed by atoms with Crippen molar-refractivity contribution in [1.29, 1.82) is 0 Å². The van der Waals surface area contributed by atoms with Gasteiger partial charge in [-0.1, -0.05) is 19.4 Å². The molecule has 0 spiro atoms. The Morgan fingerprint density at radius 2 is 2.19 bits per heavy atom. The number of nitrogens with two attached hydrogens (primary N) is 1. The third kappa shape index (κ3) is 3.72. The Balaban J connectivity index is 2.72. The van der Waals surface area contributed by atoms with Gasteiger partial charge in [0.05, 0.1) is 0 Å². The molecule has 0 heterocycles. The maximum absolute atomic E-state index is 5.89. The molecule has 1 rings (SSSR count). The predicted molar refractivity (Wildman–Crippen MR) is 74.0 cm³/mol. The number of nitrogens with one attached hydrogen (secondary N) is 1. The molecule has 0 saturated carbocycles. The molecule has 1 aromatic rings. The van der Waals surface area contributed by atoms with E-state index in [0.29, 0.717) is 5.92 Å². The molecule has 0 amide bonds. The van der Waals surface area contributed by atoms with E-state index in [1.807, 2.05) is 13.1 Å². The second-order valence-corrected chi connectivity index (χ2v) is 4.96. The SMILES string of the molecule is CCC(CNC)Cc1ccc(N)c(SC)c1. The molecule has 90 valence electrons. The minimum absolute atomic E-state index is 0.711. The molecule has 16 heavy (non-hydrogen) atoms. The van der Waals surface area contributed by atoms with Crippen LogP contribution in [-0.2, 0) is 6.42 Å². The summed E-state index contributed by atoms with van der Waals surface area (Å²) >= 11 is 1.72. The number of rotatable bonds is 6. The van der Waals surface area contributed by atoms with Crippen molar-refractivity contribution in [2.45, 2.75) is 24.7 Å². The van der Waals surface area contributed by atoms with E-state index in [1.165, 1.54) is 16.9 Å². The van der Waals surface area contributed by atoms with E-state index < -0.39 is 0 Å². The van der Waals surface area contributed by atoms with E-state index in [9.17, 15) is 0 Å². The first-order chi connectivity index (χ1) is 7.71. The van der Waals surface area contributed by atoms with E-state index in [2.05, 4.69) is 30.6 Å². The van der Waals surface area contributed by atoms with E-state index >= 15 is 0 Å². The fourth-order valence-electron chi connectivity index (χ4n) is 1.87. The molecule has 0 fully saturated rings. The summed E-state index contributed by atoms with van der Waals surface area (Å²) in [6, 6.07) is 6.39. The maximum Gasteiger partial charge on any atom is 0.0452 e. The average molecular weight is 238 g/mol. The molecule has 0 aliphatic heterocycles. The van der Waals surface area contributed by atoms with Crippen LogP contribution in [0.25, 0.3) is 0 Å². The smallest absolute Gasteiger partial charge is 0.0452 e. The van der Waals surface area contributed by atoms with Crippen LogP contribution >= 0.6 is 11.8 Å². The quantitative estimate of drug-likeness (QED) is 0.591. The number of hydrogen-bond acceptors (Lipinski definition) is 3. The van der Waals surface area contributed by atoms with E-state index in [0.717, 1.165) is 18.7 Å². The van der Waals surface area contributed by atoms with Gasteiger partial charge in [0.15, 0.2) is 0 Å². The lowest BCUT2D eigenvalue weighted by atomic mass is 9.97. The van der Waals surface area contributed by atoms with Crippen molar-refractivity contribution < 1.29 is 0 Å². The fourth-order valence-corrected chi connectivity index (χ4v) is 2.44. The second-order valence-electron chi connectivity index (χ2n) is 4.11. The molecule has 1 aromatic carbocycles. The van der Waals surface area contributed by atoms with Crippen molar-refractivity contribution in [3.05, 3.63) is 23.8 Å². The van der Waals surface area contributed by atoms with Gasteiger partial charge >= 0.3 is 0 Å². The molecule has 3 N–H and O–H groups in total. The highest BCUT2D eigenvalue weighted by Gasteiger charge is 2.07. The van der Waals surface area contributed by atoms with Crippen molar-refractivity contribution in [3.8, 4) is 0 Å². The van der Waals surface area contributed by atoms with Crippen molar-refractivity contribution in [2.75, 3.05) is 25.6 Å². The third-order valence-electron chi connectivity index (χ3n) is 2.89. The Hall–Kier alpha value is -0.670. The van der Waals surface area contributed by atoms with E-state index in [1.54, 1.807) is 11.8 Å². The molecule has 0 radical (unpaired) electrons. The number of hydrogen-bond donors (Lipinski definition) is 2. The summed E-state index contributed by atoms with van der Waals surface area (Å²) in [4.78, 5) is 1.19. The number of benzene rings is 1. The highest BCUT2D eigenvalue weighted by molar-refractivity contribution is 7.98. The van der Waals surface area contributed by atoms with Crippen LogP contribution in [0.3, 0.4) is 0 Å². The third-order valence-corrected chi connectivity index (χ3v) is 3.69. The standard InChI is InChI=1S/C13H22N2S/c1-4-10(9-15-2)7-11-5-6-12(14)13(8-11)16-3/h5-6,8,10,15H,4,7,9,14H2,1-3H3. The van der Waals surface area contributed by atoms with Crippen LogP contribution in [-0.4, -0.2) is 19.8 Å². The molecule has 0 aliphatic rings. The van der Waals surface area contributed by atoms with Gasteiger partial charge < -0.3 is 11.1 Å². The van der Waals surface area contributed by atoms with E-state index in [4.69, 9.17) is 5.73 Å². The van der Waals surface area contributed by atoms with Crippen molar-refractivity contribution in [1.82, 2.24) is 5.32 Å². The fraction of sp³-hybridized carbons (Fsp3) is 0.538. The number of anilines is 1. The van der Waals surface area contributed by atoms with Crippen LogP contribution in [0.5, 0.6) is 0 Å². The Kier molecular flexibility index (Phi) is 5.71. The molecule has 1 atom stereocenters. The van der Waals surface area contributed by atoms with Crippen LogP contribution < -0.4 is 11.1 Å². The molecular formula is C13H22N2S. The van der Waals surface area contributed by atoms with Crippen LogP contribution in [0.2, 0.25) is 0 Å². The Bertz CT molecular complexity index is 326. The van der Waals surface area contributed by atoms with Gasteiger partial charge in [-0.3, -0.25) is 0 Å². The topological polar surface area (TPSA) is 38.0 Å². The largest absolute Gasteiger partial charge is 0.398 e. The van der Waals surface area contributed by atoms with Crippen LogP contribution in [0.1, 0.15) is 18.9 Å². The first-order valence-electron chi connectivity index (χ1n) is 5.78. The Labute approximate surface area is 103 Å². The molecule has 3 heteroatoms. The summed E-state index contributed by atoms with van der Waals surface area (Å²) in [5, 5.41) is 3.25. The first-order valence-corrected chi connectivity index (χ1v) is 7.00. The molecule has 2 nitrogen and oxygen atoms in total. The summed E-state index contributed by atoms with van der Waals surface area (Å²) in [5.41, 5.74) is 8.17. The van der Waals surface area contributed by atoms with Gasteiger partial charge in [-0.25, -0.2) is 0 Å². The first kappa shape index (κ1) is 13.4. The predicted octanol–water partition coefficient (Wildman–Crippen LogP) is 2.78. The summed E-state index contributed by atoms with van der Waals surface area (Å²) in [6.07, 6.45) is 4.41. The maximum atomic E-state index is 5.89. The van der Waals surface area contributed by atoms with Crippen molar-refractivity contribution in [2.24, 2.45) is 5.92 Å². The molecule has 0 saturated heterocycles. The van der Waals surface area contributed by atoms with Gasteiger partial charge in [-0.2, -0.15) is 0 Å². The van der Waals surface area contributed by atoms with Gasteiger partial charge in [0.25, 0.3) is 0 Å². The normalized spacial score (nSPS) is 12.7. The summed E-state index contributed by atoms with van der Waals surface area (Å²) in [6.45, 7) is 3.32. The van der Waals surface area contributed by atoms with Gasteiger partial charge in [0.2, 0.25) is 0 Å². The number of nitrogen functional groups attached to an aromatic ring is 1. The molecule has 0 aromatic heterocycles. The van der Waals surface area contributed by atoms with Gasteiger partial charge in [-0.05, 0) is 49.9 Å². The van der Waals surface area contributed by atoms with Crippen molar-refractivity contribution >= 4 is 17.4 Å². The molecule has 0 aliphatic carbocycles. The molecule has 1 unspecified atom stereocenters. The lowest BCUT2D eigenvalue weighted by Gasteiger charge is -2.15. The summed E-state index contributed by atoms with van der Waals surface area (Å²) in [5.74, 6) is 0.711. The minimum Gasteiger partial charge on any atom is -0.398 e. The van der Waals surface area contributed by atoms with Gasteiger partial charge in [-0.15, -0.1) is 11.8 Å². The van der Waals surface area contributed by atoms with Crippen LogP contribution in [0.15, 0.2) is 23.1 Å². The molecular weight excluding hydrogens is 216 g/mol. The highest BCUT2D eigenvalue weighted by Crippen LogP contribution is 2.25. The molecule has 0 bridgehead atoms. The lowest BCUT2D eigenvalue weighted by Crippen LogP contribution is -2.20. The van der Waals surface area contributed by atoms with E-state index in [-0.39, 0.29) is 0 Å². The highest BCUT2D eigenvalue weighted by atomic mass is 32.2. The van der Waals surface area contributed by atoms with Gasteiger partial charge in [0.1, 0.15) is 0 Å². The zero-order valence-corrected chi connectivity index (χ0v) is 11.2. The summed E-state index contributed by atoms with van der Waals surface area (Å²) < 4.78 is 0. The van der Waals surface area contributed by atoms with Crippen molar-refractivity contribution in [3.63, 3.8) is 0 Å². The second kappa shape index (κ2) is 6.81. The minimum atomic E-state index is 0.711. The zero-order chi connectivity index (χ0) is 12.0. The van der Waals surface area contributed by atoms with Gasteiger partial charge in [0, 0.05) is 10.6 Å².